The summed E-state index contributed by atoms with van der Waals surface area (Å²) < 4.78 is 55.6. The molecule has 3 atom stereocenters. The van der Waals surface area contributed by atoms with Crippen LogP contribution in [0.2, 0.25) is 0 Å². The number of hydrogen-bond acceptors (Lipinski definition) is 5. The molecule has 37 heavy (non-hydrogen) atoms. The number of pyridine rings is 1. The highest BCUT2D eigenvalue weighted by Crippen LogP contribution is 2.43. The first kappa shape index (κ1) is 26.6. The van der Waals surface area contributed by atoms with Gasteiger partial charge in [-0.15, -0.1) is 0 Å². The van der Waals surface area contributed by atoms with Gasteiger partial charge in [-0.2, -0.15) is 18.3 Å². The second-order valence-corrected chi connectivity index (χ2v) is 9.75. The van der Waals surface area contributed by atoms with Gasteiger partial charge in [0, 0.05) is 36.8 Å². The van der Waals surface area contributed by atoms with E-state index in [0.29, 0.717) is 11.6 Å². The summed E-state index contributed by atoms with van der Waals surface area (Å²) in [7, 11) is 0. The maximum atomic E-state index is 14.8. The van der Waals surface area contributed by atoms with E-state index >= 15 is 0 Å². The Balaban J connectivity index is 1.55. The van der Waals surface area contributed by atoms with E-state index in [1.165, 1.54) is 24.3 Å². The van der Waals surface area contributed by atoms with Crippen LogP contribution in [0.3, 0.4) is 0 Å². The van der Waals surface area contributed by atoms with Crippen molar-refractivity contribution in [1.82, 2.24) is 20.1 Å². The van der Waals surface area contributed by atoms with E-state index in [1.54, 1.807) is 26.0 Å². The Kier molecular flexibility index (Phi) is 7.27. The normalized spacial score (nSPS) is 21.5. The van der Waals surface area contributed by atoms with Crippen molar-refractivity contribution in [2.75, 3.05) is 11.9 Å². The second kappa shape index (κ2) is 10.1. The van der Waals surface area contributed by atoms with Crippen LogP contribution in [0.1, 0.15) is 55.2 Å². The number of piperidine rings is 1. The number of benzene rings is 1. The highest BCUT2D eigenvalue weighted by molar-refractivity contribution is 5.75. The lowest BCUT2D eigenvalue weighted by atomic mass is 9.71. The Hall–Kier alpha value is -3.47. The van der Waals surface area contributed by atoms with Crippen LogP contribution in [-0.4, -0.2) is 43.7 Å². The molecule has 0 aliphatic carbocycles. The molecule has 4 rings (SSSR count). The number of aromatic amines is 1. The largest absolute Gasteiger partial charge is 0.481 e. The highest BCUT2D eigenvalue weighted by atomic mass is 19.4. The number of halogens is 4. The topological polar surface area (TPSA) is 94.1 Å². The lowest BCUT2D eigenvalue weighted by Crippen LogP contribution is -2.51. The maximum absolute atomic E-state index is 14.8. The summed E-state index contributed by atoms with van der Waals surface area (Å²) in [6.07, 6.45) is -4.36. The van der Waals surface area contributed by atoms with Crippen LogP contribution in [0.25, 0.3) is 0 Å². The summed E-state index contributed by atoms with van der Waals surface area (Å²) in [6.45, 7) is 5.56. The van der Waals surface area contributed by atoms with Crippen molar-refractivity contribution in [1.29, 1.82) is 0 Å². The van der Waals surface area contributed by atoms with Crippen LogP contribution in [0.15, 0.2) is 42.5 Å². The van der Waals surface area contributed by atoms with Crippen LogP contribution in [0, 0.1) is 18.2 Å². The van der Waals surface area contributed by atoms with Crippen molar-refractivity contribution < 1.29 is 27.5 Å². The van der Waals surface area contributed by atoms with Gasteiger partial charge in [-0.3, -0.25) is 14.8 Å². The maximum Gasteiger partial charge on any atom is 0.416 e. The van der Waals surface area contributed by atoms with E-state index in [0.717, 1.165) is 11.8 Å². The van der Waals surface area contributed by atoms with Gasteiger partial charge in [0.1, 0.15) is 11.6 Å². The third kappa shape index (κ3) is 5.61. The van der Waals surface area contributed by atoms with Gasteiger partial charge in [0.15, 0.2) is 5.82 Å². The number of carboxylic acid groups (broad SMARTS) is 1. The number of aryl methyl sites for hydroxylation is 1. The molecule has 2 aromatic heterocycles. The predicted octanol–water partition coefficient (Wildman–Crippen LogP) is 5.87. The van der Waals surface area contributed by atoms with Crippen LogP contribution in [0.5, 0.6) is 0 Å². The minimum absolute atomic E-state index is 0.00998. The van der Waals surface area contributed by atoms with Gasteiger partial charge < -0.3 is 10.4 Å². The third-order valence-corrected chi connectivity index (χ3v) is 7.15. The number of aromatic nitrogens is 3. The summed E-state index contributed by atoms with van der Waals surface area (Å²) in [6, 6.07) is 8.91. The number of nitrogens with zero attached hydrogens (tertiary/aromatic N) is 3. The Bertz CT molecular complexity index is 1280. The quantitative estimate of drug-likeness (QED) is 0.338. The third-order valence-electron chi connectivity index (χ3n) is 7.15. The molecule has 0 bridgehead atoms. The van der Waals surface area contributed by atoms with Crippen molar-refractivity contribution in [3.63, 3.8) is 0 Å². The number of alkyl halides is 3. The molecule has 198 valence electrons. The van der Waals surface area contributed by atoms with E-state index in [9.17, 15) is 27.5 Å². The number of likely N-dealkylation sites (tertiary alicyclic amines) is 1. The van der Waals surface area contributed by atoms with E-state index in [4.69, 9.17) is 0 Å². The molecule has 3 heterocycles. The number of rotatable bonds is 7. The molecule has 0 amide bonds. The van der Waals surface area contributed by atoms with Crippen LogP contribution >= 0.6 is 0 Å². The highest BCUT2D eigenvalue weighted by Gasteiger charge is 2.47. The molecule has 7 nitrogen and oxygen atoms in total. The minimum Gasteiger partial charge on any atom is -0.481 e. The number of hydrogen-bond donors (Lipinski definition) is 3. The Labute approximate surface area is 211 Å². The van der Waals surface area contributed by atoms with Crippen molar-refractivity contribution >= 4 is 17.6 Å². The SMILES string of the molecule is Cc1cc(Nc2ccc(F)c(C[C@@]3(C(=O)O)CCN(C(C)c4ccccc4C(F)(F)F)[C@H](C)C3)n2)n[nH]1. The lowest BCUT2D eigenvalue weighted by molar-refractivity contribution is -0.154. The molecule has 3 aromatic rings. The molecule has 1 saturated heterocycles. The molecular formula is C26H29F4N5O2. The molecule has 1 fully saturated rings. The van der Waals surface area contributed by atoms with Crippen molar-refractivity contribution in [3.8, 4) is 0 Å². The average Bonchev–Trinajstić information content (AvgIpc) is 3.24. The van der Waals surface area contributed by atoms with Crippen molar-refractivity contribution in [2.45, 2.75) is 58.3 Å². The van der Waals surface area contributed by atoms with E-state index in [1.807, 2.05) is 11.8 Å². The standard InChI is InChI=1S/C26H29F4N5O2/c1-15-12-23(34-33-15)32-22-9-8-20(27)21(31-22)14-25(24(36)37)10-11-35(16(2)13-25)17(3)18-6-4-5-7-19(18)26(28,29)30/h4-9,12,16-17H,10-11,13-14H2,1-3H3,(H,36,37)(H2,31,32,33,34)/t16-,17?,25-/m1/s1. The second-order valence-electron chi connectivity index (χ2n) is 9.75. The Morgan fingerprint density at radius 1 is 1.27 bits per heavy atom. The molecule has 1 aliphatic heterocycles. The monoisotopic (exact) mass is 519 g/mol. The summed E-state index contributed by atoms with van der Waals surface area (Å²) in [5.41, 5.74) is -1.04. The molecular weight excluding hydrogens is 490 g/mol. The number of nitrogens with one attached hydrogen (secondary N) is 2. The van der Waals surface area contributed by atoms with E-state index in [2.05, 4.69) is 20.5 Å². The fourth-order valence-electron chi connectivity index (χ4n) is 5.26. The number of carbonyl (C=O) groups is 1. The fraction of sp³-hybridized carbons (Fsp3) is 0.423. The molecule has 0 saturated carbocycles. The smallest absolute Gasteiger partial charge is 0.416 e. The zero-order valence-corrected chi connectivity index (χ0v) is 20.7. The van der Waals surface area contributed by atoms with Gasteiger partial charge in [0.05, 0.1) is 16.7 Å². The summed E-state index contributed by atoms with van der Waals surface area (Å²) in [4.78, 5) is 18.7. The van der Waals surface area contributed by atoms with Crippen LogP contribution < -0.4 is 5.32 Å². The molecule has 11 heteroatoms. The van der Waals surface area contributed by atoms with Crippen LogP contribution in [-0.2, 0) is 17.4 Å². The summed E-state index contributed by atoms with van der Waals surface area (Å²) >= 11 is 0. The van der Waals surface area contributed by atoms with E-state index < -0.39 is 35.0 Å². The number of carboxylic acids is 1. The van der Waals surface area contributed by atoms with Gasteiger partial charge >= 0.3 is 12.1 Å². The molecule has 0 radical (unpaired) electrons. The minimum atomic E-state index is -4.49. The van der Waals surface area contributed by atoms with Crippen LogP contribution in [0.4, 0.5) is 29.2 Å². The molecule has 0 spiro atoms. The first-order chi connectivity index (χ1) is 17.4. The van der Waals surface area contributed by atoms with Gasteiger partial charge in [0.2, 0.25) is 0 Å². The zero-order valence-electron chi connectivity index (χ0n) is 20.7. The molecule has 3 N–H and O–H groups in total. The predicted molar refractivity (Wildman–Crippen MR) is 130 cm³/mol. The molecule has 1 unspecified atom stereocenters. The average molecular weight is 520 g/mol. The zero-order chi connectivity index (χ0) is 27.0. The lowest BCUT2D eigenvalue weighted by Gasteiger charge is -2.46. The number of anilines is 2. The molecule has 1 aliphatic rings. The first-order valence-corrected chi connectivity index (χ1v) is 12.0. The number of H-pyrrole nitrogens is 1. The summed E-state index contributed by atoms with van der Waals surface area (Å²) in [5.74, 6) is -0.881. The van der Waals surface area contributed by atoms with Gasteiger partial charge in [-0.25, -0.2) is 9.37 Å². The fourth-order valence-corrected chi connectivity index (χ4v) is 5.26. The Morgan fingerprint density at radius 2 is 2.00 bits per heavy atom. The van der Waals surface area contributed by atoms with Gasteiger partial charge in [-0.05, 0) is 57.4 Å². The van der Waals surface area contributed by atoms with Crippen molar-refractivity contribution in [3.05, 3.63) is 70.8 Å². The Morgan fingerprint density at radius 3 is 2.62 bits per heavy atom. The molecule has 1 aromatic carbocycles. The first-order valence-electron chi connectivity index (χ1n) is 12.0. The number of aliphatic carboxylic acids is 1. The summed E-state index contributed by atoms with van der Waals surface area (Å²) in [5, 5.41) is 20.0. The van der Waals surface area contributed by atoms with Gasteiger partial charge in [0.25, 0.3) is 0 Å². The van der Waals surface area contributed by atoms with E-state index in [-0.39, 0.29) is 43.1 Å². The van der Waals surface area contributed by atoms with Gasteiger partial charge in [-0.1, -0.05) is 18.2 Å². The van der Waals surface area contributed by atoms with Crippen molar-refractivity contribution in [2.24, 2.45) is 5.41 Å².